The molecule has 2 aromatic rings. The predicted molar refractivity (Wildman–Crippen MR) is 95.6 cm³/mol. The summed E-state index contributed by atoms with van der Waals surface area (Å²) in [4.78, 5) is 4.62. The first kappa shape index (κ1) is 17.1. The Balaban J connectivity index is 1.77. The molecule has 0 radical (unpaired) electrons. The van der Waals surface area contributed by atoms with Gasteiger partial charge in [0, 0.05) is 25.0 Å². The number of hydrogen-bond donors (Lipinski definition) is 2. The third-order valence-electron chi connectivity index (χ3n) is 3.59. The SMILES string of the molecule is CCNC(=NCCn1cccn1)NC(C)CCc1ccccc1. The summed E-state index contributed by atoms with van der Waals surface area (Å²) in [5.41, 5.74) is 1.38. The van der Waals surface area contributed by atoms with E-state index in [1.165, 1.54) is 5.56 Å². The van der Waals surface area contributed by atoms with Crippen LogP contribution in [0.2, 0.25) is 0 Å². The fourth-order valence-electron chi connectivity index (χ4n) is 2.35. The second kappa shape index (κ2) is 9.66. The molecule has 2 N–H and O–H groups in total. The van der Waals surface area contributed by atoms with Gasteiger partial charge in [0.25, 0.3) is 0 Å². The van der Waals surface area contributed by atoms with Crippen LogP contribution in [0.5, 0.6) is 0 Å². The van der Waals surface area contributed by atoms with Crippen molar-refractivity contribution in [1.29, 1.82) is 0 Å². The summed E-state index contributed by atoms with van der Waals surface area (Å²) in [5, 5.41) is 11.0. The number of nitrogens with zero attached hydrogens (tertiary/aromatic N) is 3. The van der Waals surface area contributed by atoms with E-state index in [0.29, 0.717) is 12.6 Å². The van der Waals surface area contributed by atoms with Crippen LogP contribution < -0.4 is 10.6 Å². The first-order valence-electron chi connectivity index (χ1n) is 8.34. The fourth-order valence-corrected chi connectivity index (χ4v) is 2.35. The lowest BCUT2D eigenvalue weighted by molar-refractivity contribution is 0.586. The van der Waals surface area contributed by atoms with Gasteiger partial charge in [-0.25, -0.2) is 0 Å². The molecule has 0 spiro atoms. The van der Waals surface area contributed by atoms with Crippen LogP contribution in [0.25, 0.3) is 0 Å². The van der Waals surface area contributed by atoms with Gasteiger partial charge in [-0.2, -0.15) is 5.10 Å². The molecule has 0 bridgehead atoms. The maximum atomic E-state index is 4.62. The Bertz CT molecular complexity index is 562. The summed E-state index contributed by atoms with van der Waals surface area (Å²) in [6, 6.07) is 12.9. The normalized spacial score (nSPS) is 12.9. The molecule has 5 nitrogen and oxygen atoms in total. The lowest BCUT2D eigenvalue weighted by Gasteiger charge is -2.18. The maximum absolute atomic E-state index is 4.62. The third-order valence-corrected chi connectivity index (χ3v) is 3.59. The van der Waals surface area contributed by atoms with Gasteiger partial charge in [-0.1, -0.05) is 30.3 Å². The van der Waals surface area contributed by atoms with Crippen molar-refractivity contribution < 1.29 is 0 Å². The maximum Gasteiger partial charge on any atom is 0.191 e. The second-order valence-electron chi connectivity index (χ2n) is 5.60. The van der Waals surface area contributed by atoms with Gasteiger partial charge in [-0.05, 0) is 38.3 Å². The summed E-state index contributed by atoms with van der Waals surface area (Å²) in [6.07, 6.45) is 5.90. The van der Waals surface area contributed by atoms with Crippen molar-refractivity contribution in [3.63, 3.8) is 0 Å². The molecule has 0 saturated carbocycles. The molecule has 1 atom stereocenters. The van der Waals surface area contributed by atoms with Gasteiger partial charge in [0.1, 0.15) is 0 Å². The number of rotatable bonds is 8. The van der Waals surface area contributed by atoms with Crippen molar-refractivity contribution in [2.24, 2.45) is 4.99 Å². The van der Waals surface area contributed by atoms with Gasteiger partial charge in [0.2, 0.25) is 0 Å². The van der Waals surface area contributed by atoms with Gasteiger partial charge in [-0.3, -0.25) is 9.67 Å². The molecular formula is C18H27N5. The Morgan fingerprint density at radius 1 is 1.26 bits per heavy atom. The van der Waals surface area contributed by atoms with Crippen LogP contribution in [0, 0.1) is 0 Å². The average molecular weight is 313 g/mol. The minimum Gasteiger partial charge on any atom is -0.357 e. The summed E-state index contributed by atoms with van der Waals surface area (Å²) in [6.45, 7) is 6.64. The minimum atomic E-state index is 0.373. The van der Waals surface area contributed by atoms with Crippen LogP contribution in [-0.2, 0) is 13.0 Å². The average Bonchev–Trinajstić information content (AvgIpc) is 3.07. The van der Waals surface area contributed by atoms with E-state index in [2.05, 4.69) is 64.9 Å². The lowest BCUT2D eigenvalue weighted by Crippen LogP contribution is -2.42. The number of nitrogens with one attached hydrogen (secondary N) is 2. The van der Waals surface area contributed by atoms with Crippen LogP contribution in [0.15, 0.2) is 53.8 Å². The summed E-state index contributed by atoms with van der Waals surface area (Å²) in [5.74, 6) is 0.875. The highest BCUT2D eigenvalue weighted by Gasteiger charge is 2.05. The highest BCUT2D eigenvalue weighted by Crippen LogP contribution is 2.04. The Kier molecular flexibility index (Phi) is 7.17. The first-order chi connectivity index (χ1) is 11.3. The van der Waals surface area contributed by atoms with E-state index in [9.17, 15) is 0 Å². The van der Waals surface area contributed by atoms with Crippen molar-refractivity contribution >= 4 is 5.96 Å². The largest absolute Gasteiger partial charge is 0.357 e. The van der Waals surface area contributed by atoms with E-state index in [1.54, 1.807) is 6.20 Å². The Hall–Kier alpha value is -2.30. The highest BCUT2D eigenvalue weighted by atomic mass is 15.3. The molecule has 23 heavy (non-hydrogen) atoms. The van der Waals surface area contributed by atoms with Crippen LogP contribution >= 0.6 is 0 Å². The molecular weight excluding hydrogens is 286 g/mol. The van der Waals surface area contributed by atoms with E-state index < -0.39 is 0 Å². The van der Waals surface area contributed by atoms with Crippen molar-refractivity contribution in [3.8, 4) is 0 Å². The van der Waals surface area contributed by atoms with E-state index in [-0.39, 0.29) is 0 Å². The Morgan fingerprint density at radius 2 is 2.09 bits per heavy atom. The Labute approximate surface area is 138 Å². The molecule has 0 aliphatic heterocycles. The van der Waals surface area contributed by atoms with Gasteiger partial charge >= 0.3 is 0 Å². The number of hydrogen-bond acceptors (Lipinski definition) is 2. The molecule has 0 saturated heterocycles. The molecule has 1 unspecified atom stereocenters. The van der Waals surface area contributed by atoms with Crippen LogP contribution in [-0.4, -0.2) is 34.9 Å². The van der Waals surface area contributed by atoms with Gasteiger partial charge < -0.3 is 10.6 Å². The lowest BCUT2D eigenvalue weighted by atomic mass is 10.1. The van der Waals surface area contributed by atoms with Gasteiger partial charge in [0.05, 0.1) is 13.1 Å². The number of aromatic nitrogens is 2. The Morgan fingerprint density at radius 3 is 2.78 bits per heavy atom. The van der Waals surface area contributed by atoms with Gasteiger partial charge in [0.15, 0.2) is 5.96 Å². The third kappa shape index (κ3) is 6.55. The summed E-state index contributed by atoms with van der Waals surface area (Å²) in [7, 11) is 0. The quantitative estimate of drug-likeness (QED) is 0.581. The molecule has 1 aromatic carbocycles. The number of guanidine groups is 1. The van der Waals surface area contributed by atoms with E-state index in [0.717, 1.165) is 31.9 Å². The van der Waals surface area contributed by atoms with Crippen LogP contribution in [0.1, 0.15) is 25.8 Å². The minimum absolute atomic E-state index is 0.373. The van der Waals surface area contributed by atoms with Crippen molar-refractivity contribution in [2.45, 2.75) is 39.3 Å². The molecule has 1 heterocycles. The van der Waals surface area contributed by atoms with E-state index >= 15 is 0 Å². The monoisotopic (exact) mass is 313 g/mol. The molecule has 5 heteroatoms. The highest BCUT2D eigenvalue weighted by molar-refractivity contribution is 5.80. The molecule has 0 aliphatic rings. The number of benzene rings is 1. The van der Waals surface area contributed by atoms with Crippen molar-refractivity contribution in [3.05, 3.63) is 54.4 Å². The molecule has 1 aromatic heterocycles. The van der Waals surface area contributed by atoms with Crippen LogP contribution in [0.4, 0.5) is 0 Å². The summed E-state index contributed by atoms with van der Waals surface area (Å²) >= 11 is 0. The van der Waals surface area contributed by atoms with Crippen molar-refractivity contribution in [1.82, 2.24) is 20.4 Å². The van der Waals surface area contributed by atoms with Gasteiger partial charge in [-0.15, -0.1) is 0 Å². The zero-order valence-corrected chi connectivity index (χ0v) is 14.1. The first-order valence-corrected chi connectivity index (χ1v) is 8.34. The van der Waals surface area contributed by atoms with Crippen LogP contribution in [0.3, 0.4) is 0 Å². The van der Waals surface area contributed by atoms with E-state index in [1.807, 2.05) is 16.9 Å². The molecule has 0 fully saturated rings. The number of aliphatic imine (C=N–C) groups is 1. The molecule has 0 aliphatic carbocycles. The zero-order chi connectivity index (χ0) is 16.3. The fraction of sp³-hybridized carbons (Fsp3) is 0.444. The second-order valence-corrected chi connectivity index (χ2v) is 5.60. The molecule has 2 rings (SSSR count). The smallest absolute Gasteiger partial charge is 0.191 e. The predicted octanol–water partition coefficient (Wildman–Crippen LogP) is 2.46. The van der Waals surface area contributed by atoms with E-state index in [4.69, 9.17) is 0 Å². The topological polar surface area (TPSA) is 54.2 Å². The standard InChI is InChI=1S/C18H27N5/c1-3-19-18(20-13-15-23-14-7-12-21-23)22-16(2)10-11-17-8-5-4-6-9-17/h4-9,12,14,16H,3,10-11,13,15H2,1-2H3,(H2,19,20,22). The summed E-state index contributed by atoms with van der Waals surface area (Å²) < 4.78 is 1.89. The van der Waals surface area contributed by atoms with Crippen molar-refractivity contribution in [2.75, 3.05) is 13.1 Å². The molecule has 0 amide bonds. The number of aryl methyl sites for hydroxylation is 1. The zero-order valence-electron chi connectivity index (χ0n) is 14.1. The molecule has 124 valence electrons.